The third kappa shape index (κ3) is 3.45. The molecule has 2 aromatic carbocycles. The number of rotatable bonds is 3. The maximum atomic E-state index is 9.95. The molecule has 7 heteroatoms. The Hall–Kier alpha value is -1.74. The molecular weight excluding hydrogens is 304 g/mol. The monoisotopic (exact) mass is 324 g/mol. The third-order valence-corrected chi connectivity index (χ3v) is 3.82. The molecule has 0 spiro atoms. The van der Waals surface area contributed by atoms with Crippen molar-refractivity contribution in [2.45, 2.75) is 30.7 Å². The van der Waals surface area contributed by atoms with Crippen LogP contribution < -0.4 is 4.74 Å². The van der Waals surface area contributed by atoms with E-state index in [4.69, 9.17) is 14.6 Å². The van der Waals surface area contributed by atoms with Gasteiger partial charge in [-0.25, -0.2) is 0 Å². The van der Waals surface area contributed by atoms with E-state index in [0.717, 1.165) is 10.8 Å². The van der Waals surface area contributed by atoms with E-state index < -0.39 is 37.3 Å². The van der Waals surface area contributed by atoms with Gasteiger partial charge >= 0.3 is 0 Å². The van der Waals surface area contributed by atoms with Crippen LogP contribution >= 0.6 is 0 Å². The van der Waals surface area contributed by atoms with E-state index in [1.165, 1.54) is 0 Å². The van der Waals surface area contributed by atoms with Crippen molar-refractivity contribution in [2.75, 3.05) is 6.61 Å². The number of hydrogen-bond acceptors (Lipinski definition) is 6. The number of aliphatic hydroxyl groups is 4. The fourth-order valence-electron chi connectivity index (χ4n) is 2.54. The Morgan fingerprint density at radius 1 is 0.913 bits per heavy atom. The molecule has 1 heterocycles. The van der Waals surface area contributed by atoms with Gasteiger partial charge in [-0.2, -0.15) is 0 Å². The Kier molecular flexibility index (Phi) is 5.53. The largest absolute Gasteiger partial charge is 0.462 e. The van der Waals surface area contributed by atoms with E-state index >= 15 is 0 Å². The molecule has 0 aliphatic carbocycles. The Balaban J connectivity index is 0.00000192. The smallest absolute Gasteiger partial charge is 0.229 e. The minimum absolute atomic E-state index is 0. The highest BCUT2D eigenvalue weighted by molar-refractivity contribution is 5.83. The van der Waals surface area contributed by atoms with Crippen molar-refractivity contribution in [1.29, 1.82) is 0 Å². The van der Waals surface area contributed by atoms with Crippen LogP contribution in [0.25, 0.3) is 10.8 Å². The van der Waals surface area contributed by atoms with Crippen molar-refractivity contribution < 1.29 is 35.4 Å². The zero-order valence-corrected chi connectivity index (χ0v) is 12.2. The molecule has 1 aliphatic heterocycles. The summed E-state index contributed by atoms with van der Waals surface area (Å²) in [5.41, 5.74) is 0. The molecule has 6 N–H and O–H groups in total. The lowest BCUT2D eigenvalue weighted by Crippen LogP contribution is -2.60. The lowest BCUT2D eigenvalue weighted by Gasteiger charge is -2.39. The molecule has 126 valence electrons. The zero-order valence-electron chi connectivity index (χ0n) is 12.2. The summed E-state index contributed by atoms with van der Waals surface area (Å²) in [7, 11) is 0. The first kappa shape index (κ1) is 17.6. The van der Waals surface area contributed by atoms with Crippen LogP contribution in [-0.4, -0.2) is 63.2 Å². The summed E-state index contributed by atoms with van der Waals surface area (Å²) in [6, 6.07) is 13.1. The summed E-state index contributed by atoms with van der Waals surface area (Å²) in [6.45, 7) is -0.484. The maximum Gasteiger partial charge on any atom is 0.229 e. The fraction of sp³-hybridized carbons (Fsp3) is 0.375. The SMILES string of the molecule is O.OC[C@H]1O[C@@H](Oc2ccc3ccccc3c2)[C@H](O)[C@H](O)[C@H]1O. The van der Waals surface area contributed by atoms with Gasteiger partial charge in [0.15, 0.2) is 0 Å². The maximum absolute atomic E-state index is 9.95. The average molecular weight is 324 g/mol. The number of hydrogen-bond donors (Lipinski definition) is 4. The Labute approximate surface area is 132 Å². The minimum atomic E-state index is -1.45. The van der Waals surface area contributed by atoms with Gasteiger partial charge in [0.25, 0.3) is 0 Å². The Bertz CT molecular complexity index is 645. The van der Waals surface area contributed by atoms with Gasteiger partial charge in [-0.05, 0) is 22.9 Å². The van der Waals surface area contributed by atoms with Gasteiger partial charge in [-0.1, -0.05) is 30.3 Å². The van der Waals surface area contributed by atoms with Gasteiger partial charge in [0.2, 0.25) is 6.29 Å². The van der Waals surface area contributed by atoms with Gasteiger partial charge in [0, 0.05) is 0 Å². The van der Waals surface area contributed by atoms with E-state index in [1.807, 2.05) is 30.3 Å². The quantitative estimate of drug-likeness (QED) is 0.584. The Morgan fingerprint density at radius 2 is 1.61 bits per heavy atom. The normalized spacial score (nSPS) is 30.7. The molecule has 5 atom stereocenters. The first-order valence-corrected chi connectivity index (χ1v) is 7.06. The Morgan fingerprint density at radius 3 is 2.30 bits per heavy atom. The van der Waals surface area contributed by atoms with Gasteiger partial charge in [0.1, 0.15) is 30.2 Å². The van der Waals surface area contributed by atoms with Crippen molar-refractivity contribution >= 4 is 10.8 Å². The van der Waals surface area contributed by atoms with Crippen molar-refractivity contribution in [3.63, 3.8) is 0 Å². The predicted molar refractivity (Wildman–Crippen MR) is 82.0 cm³/mol. The number of aliphatic hydroxyl groups excluding tert-OH is 4. The zero-order chi connectivity index (χ0) is 15.7. The number of ether oxygens (including phenoxy) is 2. The molecule has 0 unspecified atom stereocenters. The number of fused-ring (bicyclic) bond motifs is 1. The summed E-state index contributed by atoms with van der Waals surface area (Å²) in [4.78, 5) is 0. The van der Waals surface area contributed by atoms with Crippen LogP contribution in [0.1, 0.15) is 0 Å². The van der Waals surface area contributed by atoms with Crippen LogP contribution in [0.15, 0.2) is 42.5 Å². The fourth-order valence-corrected chi connectivity index (χ4v) is 2.54. The second kappa shape index (κ2) is 7.22. The van der Waals surface area contributed by atoms with Crippen LogP contribution in [0.3, 0.4) is 0 Å². The first-order valence-electron chi connectivity index (χ1n) is 7.06. The second-order valence-corrected chi connectivity index (χ2v) is 5.32. The van der Waals surface area contributed by atoms with E-state index in [-0.39, 0.29) is 5.48 Å². The highest BCUT2D eigenvalue weighted by Crippen LogP contribution is 2.26. The standard InChI is InChI=1S/C16H18O6.H2O/c17-8-12-13(18)14(19)15(20)16(22-12)21-11-6-5-9-3-1-2-4-10(9)7-11;/h1-7,12-20H,8H2;1H2/t12-,13+,14-,15-,16-;/m1./s1. The van der Waals surface area contributed by atoms with Crippen LogP contribution in [0.4, 0.5) is 0 Å². The van der Waals surface area contributed by atoms with Gasteiger partial charge in [-0.15, -0.1) is 0 Å². The molecule has 1 saturated heterocycles. The highest BCUT2D eigenvalue weighted by Gasteiger charge is 2.44. The lowest BCUT2D eigenvalue weighted by atomic mass is 9.99. The second-order valence-electron chi connectivity index (χ2n) is 5.32. The van der Waals surface area contributed by atoms with E-state index in [2.05, 4.69) is 0 Å². The predicted octanol–water partition coefficient (Wildman–Crippen LogP) is -0.806. The van der Waals surface area contributed by atoms with Gasteiger partial charge < -0.3 is 35.4 Å². The molecule has 0 amide bonds. The molecule has 0 saturated carbocycles. The average Bonchev–Trinajstić information content (AvgIpc) is 2.55. The molecule has 3 rings (SSSR count). The summed E-state index contributed by atoms with van der Waals surface area (Å²) in [5.74, 6) is 0.461. The molecule has 0 bridgehead atoms. The van der Waals surface area contributed by atoms with E-state index in [9.17, 15) is 15.3 Å². The van der Waals surface area contributed by atoms with Crippen LogP contribution in [0.2, 0.25) is 0 Å². The summed E-state index contributed by atoms with van der Waals surface area (Å²) in [5, 5.41) is 40.6. The molecule has 0 radical (unpaired) electrons. The minimum Gasteiger partial charge on any atom is -0.462 e. The van der Waals surface area contributed by atoms with Gasteiger partial charge in [-0.3, -0.25) is 0 Å². The molecule has 2 aromatic rings. The van der Waals surface area contributed by atoms with Crippen molar-refractivity contribution in [2.24, 2.45) is 0 Å². The van der Waals surface area contributed by atoms with Gasteiger partial charge in [0.05, 0.1) is 6.61 Å². The molecule has 1 aliphatic rings. The van der Waals surface area contributed by atoms with Crippen LogP contribution in [0.5, 0.6) is 5.75 Å². The summed E-state index contributed by atoms with van der Waals surface area (Å²) < 4.78 is 10.9. The molecular formula is C16H20O7. The lowest BCUT2D eigenvalue weighted by molar-refractivity contribution is -0.277. The third-order valence-electron chi connectivity index (χ3n) is 3.82. The van der Waals surface area contributed by atoms with E-state index in [1.54, 1.807) is 12.1 Å². The van der Waals surface area contributed by atoms with Crippen molar-refractivity contribution in [3.05, 3.63) is 42.5 Å². The molecule has 0 aromatic heterocycles. The highest BCUT2D eigenvalue weighted by atomic mass is 16.7. The molecule has 23 heavy (non-hydrogen) atoms. The first-order chi connectivity index (χ1) is 10.6. The molecule has 1 fully saturated rings. The topological polar surface area (TPSA) is 131 Å². The van der Waals surface area contributed by atoms with Crippen molar-refractivity contribution in [1.82, 2.24) is 0 Å². The number of benzene rings is 2. The van der Waals surface area contributed by atoms with Crippen molar-refractivity contribution in [3.8, 4) is 5.75 Å². The summed E-state index contributed by atoms with van der Waals surface area (Å²) >= 11 is 0. The molecule has 7 nitrogen and oxygen atoms in total. The van der Waals surface area contributed by atoms with Crippen LogP contribution in [0, 0.1) is 0 Å². The summed E-state index contributed by atoms with van der Waals surface area (Å²) in [6.07, 6.45) is -6.40. The van der Waals surface area contributed by atoms with Crippen LogP contribution in [-0.2, 0) is 4.74 Å². The van der Waals surface area contributed by atoms with E-state index in [0.29, 0.717) is 5.75 Å².